The Labute approximate surface area is 206 Å². The molecule has 35 heavy (non-hydrogen) atoms. The normalized spacial score (nSPS) is 18.7. The molecule has 0 radical (unpaired) electrons. The van der Waals surface area contributed by atoms with Crippen molar-refractivity contribution in [1.29, 1.82) is 0 Å². The van der Waals surface area contributed by atoms with Gasteiger partial charge in [-0.05, 0) is 77.0 Å². The highest BCUT2D eigenvalue weighted by atomic mass is 19.3. The minimum absolute atomic E-state index is 0.0380. The SMILES string of the molecule is CCc1ccc2c(c1)C(CCNC(=O)c1ccccc1-c1ccc(C(C)(F)F)cc1)=CCC1CC21. The van der Waals surface area contributed by atoms with Crippen molar-refractivity contribution < 1.29 is 13.6 Å². The van der Waals surface area contributed by atoms with Crippen molar-refractivity contribution in [3.05, 3.63) is 101 Å². The number of carbonyl (C=O) groups excluding carboxylic acids is 1. The number of nitrogens with one attached hydrogen (secondary N) is 1. The third-order valence-corrected chi connectivity index (χ3v) is 7.42. The van der Waals surface area contributed by atoms with Crippen molar-refractivity contribution in [2.24, 2.45) is 5.92 Å². The molecule has 2 aliphatic carbocycles. The average molecular weight is 472 g/mol. The predicted molar refractivity (Wildman–Crippen MR) is 138 cm³/mol. The van der Waals surface area contributed by atoms with E-state index in [-0.39, 0.29) is 11.5 Å². The molecule has 1 saturated carbocycles. The summed E-state index contributed by atoms with van der Waals surface area (Å²) in [6, 6.07) is 20.4. The maximum Gasteiger partial charge on any atom is 0.270 e. The van der Waals surface area contributed by atoms with Gasteiger partial charge in [-0.25, -0.2) is 8.78 Å². The van der Waals surface area contributed by atoms with Gasteiger partial charge in [0.1, 0.15) is 0 Å². The summed E-state index contributed by atoms with van der Waals surface area (Å²) in [6.07, 6.45) is 6.57. The highest BCUT2D eigenvalue weighted by molar-refractivity contribution is 6.01. The third-order valence-electron chi connectivity index (χ3n) is 7.42. The molecule has 2 atom stereocenters. The molecule has 1 fully saturated rings. The van der Waals surface area contributed by atoms with E-state index in [1.54, 1.807) is 18.2 Å². The van der Waals surface area contributed by atoms with Crippen LogP contribution in [0.15, 0.2) is 72.8 Å². The number of hydrogen-bond acceptors (Lipinski definition) is 1. The van der Waals surface area contributed by atoms with Crippen LogP contribution in [0.1, 0.15) is 71.6 Å². The second kappa shape index (κ2) is 9.41. The highest BCUT2D eigenvalue weighted by Gasteiger charge is 2.40. The second-order valence-corrected chi connectivity index (χ2v) is 9.86. The first-order valence-corrected chi connectivity index (χ1v) is 12.5. The van der Waals surface area contributed by atoms with Gasteiger partial charge in [0.15, 0.2) is 0 Å². The molecule has 1 amide bonds. The van der Waals surface area contributed by atoms with Gasteiger partial charge in [0.05, 0.1) is 0 Å². The van der Waals surface area contributed by atoms with Crippen LogP contribution in [0.3, 0.4) is 0 Å². The van der Waals surface area contributed by atoms with E-state index in [2.05, 4.69) is 36.5 Å². The molecular weight excluding hydrogens is 440 g/mol. The standard InChI is InChI=1S/C31H31F2NO/c1-3-20-8-15-26-28(18-20)22(9-10-23-19-29(23)26)16-17-34-30(35)27-7-5-4-6-25(27)21-11-13-24(14-12-21)31(2,32)33/h4-9,11-15,18,23,29H,3,10,16-17,19H2,1-2H3,(H,34,35). The van der Waals surface area contributed by atoms with E-state index in [9.17, 15) is 13.6 Å². The van der Waals surface area contributed by atoms with E-state index in [1.165, 1.54) is 40.8 Å². The van der Waals surface area contributed by atoms with Crippen molar-refractivity contribution in [2.45, 2.75) is 51.4 Å². The van der Waals surface area contributed by atoms with Crippen molar-refractivity contribution >= 4 is 11.5 Å². The number of allylic oxidation sites excluding steroid dienone is 1. The number of rotatable bonds is 7. The van der Waals surface area contributed by atoms with Gasteiger partial charge in [0, 0.05) is 24.6 Å². The first-order chi connectivity index (χ1) is 16.8. The van der Waals surface area contributed by atoms with Crippen LogP contribution < -0.4 is 5.32 Å². The average Bonchev–Trinajstić information content (AvgIpc) is 3.65. The Balaban J connectivity index is 1.30. The smallest absolute Gasteiger partial charge is 0.270 e. The minimum atomic E-state index is -2.89. The number of halogens is 2. The number of amides is 1. The zero-order valence-electron chi connectivity index (χ0n) is 20.3. The Morgan fingerprint density at radius 2 is 1.80 bits per heavy atom. The zero-order valence-corrected chi connectivity index (χ0v) is 20.3. The molecule has 3 aromatic carbocycles. The first-order valence-electron chi connectivity index (χ1n) is 12.5. The van der Waals surface area contributed by atoms with Crippen LogP contribution >= 0.6 is 0 Å². The molecule has 0 aliphatic heterocycles. The summed E-state index contributed by atoms with van der Waals surface area (Å²) in [4.78, 5) is 13.1. The lowest BCUT2D eigenvalue weighted by Crippen LogP contribution is -2.25. The fourth-order valence-corrected chi connectivity index (χ4v) is 5.24. The van der Waals surface area contributed by atoms with Crippen LogP contribution in [0.5, 0.6) is 0 Å². The van der Waals surface area contributed by atoms with Crippen LogP contribution in [0, 0.1) is 5.92 Å². The maximum atomic E-state index is 13.6. The second-order valence-electron chi connectivity index (χ2n) is 9.86. The number of alkyl halides is 2. The molecule has 3 aromatic rings. The fraction of sp³-hybridized carbons (Fsp3) is 0.323. The lowest BCUT2D eigenvalue weighted by molar-refractivity contribution is 0.0175. The Morgan fingerprint density at radius 3 is 2.54 bits per heavy atom. The Kier molecular flexibility index (Phi) is 6.31. The van der Waals surface area contributed by atoms with E-state index in [0.29, 0.717) is 18.0 Å². The van der Waals surface area contributed by atoms with Crippen molar-refractivity contribution in [3.8, 4) is 11.1 Å². The van der Waals surface area contributed by atoms with Gasteiger partial charge >= 0.3 is 0 Å². The van der Waals surface area contributed by atoms with Gasteiger partial charge in [-0.15, -0.1) is 0 Å². The van der Waals surface area contributed by atoms with Gasteiger partial charge in [0.25, 0.3) is 11.8 Å². The van der Waals surface area contributed by atoms with Crippen molar-refractivity contribution in [2.75, 3.05) is 6.54 Å². The maximum absolute atomic E-state index is 13.6. The topological polar surface area (TPSA) is 29.1 Å². The molecular formula is C31H31F2NO. The van der Waals surface area contributed by atoms with E-state index < -0.39 is 5.92 Å². The molecule has 2 aliphatic rings. The minimum Gasteiger partial charge on any atom is -0.352 e. The van der Waals surface area contributed by atoms with E-state index in [1.807, 2.05) is 18.2 Å². The zero-order chi connectivity index (χ0) is 24.6. The fourth-order valence-electron chi connectivity index (χ4n) is 5.24. The molecule has 4 heteroatoms. The molecule has 0 heterocycles. The van der Waals surface area contributed by atoms with Gasteiger partial charge in [0.2, 0.25) is 0 Å². The number of carbonyl (C=O) groups is 1. The Bertz CT molecular complexity index is 1270. The molecule has 0 saturated heterocycles. The van der Waals surface area contributed by atoms with E-state index >= 15 is 0 Å². The molecule has 1 N–H and O–H groups in total. The molecule has 0 spiro atoms. The monoisotopic (exact) mass is 471 g/mol. The summed E-state index contributed by atoms with van der Waals surface area (Å²) in [5.74, 6) is -1.59. The van der Waals surface area contributed by atoms with Crippen LogP contribution in [0.2, 0.25) is 0 Å². The highest BCUT2D eigenvalue weighted by Crippen LogP contribution is 2.54. The summed E-state index contributed by atoms with van der Waals surface area (Å²) < 4.78 is 27.2. The summed E-state index contributed by atoms with van der Waals surface area (Å²) in [6.45, 7) is 3.61. The number of aryl methyl sites for hydroxylation is 1. The summed E-state index contributed by atoms with van der Waals surface area (Å²) in [5.41, 5.74) is 7.49. The molecule has 180 valence electrons. The largest absolute Gasteiger partial charge is 0.352 e. The summed E-state index contributed by atoms with van der Waals surface area (Å²) >= 11 is 0. The van der Waals surface area contributed by atoms with Gasteiger partial charge in [-0.2, -0.15) is 0 Å². The number of fused-ring (bicyclic) bond motifs is 3. The van der Waals surface area contributed by atoms with E-state index in [4.69, 9.17) is 0 Å². The lowest BCUT2D eigenvalue weighted by Gasteiger charge is -2.15. The molecule has 2 unspecified atom stereocenters. The predicted octanol–water partition coefficient (Wildman–Crippen LogP) is 7.74. The summed E-state index contributed by atoms with van der Waals surface area (Å²) in [5, 5.41) is 3.09. The van der Waals surface area contributed by atoms with Crippen LogP contribution in [-0.4, -0.2) is 12.5 Å². The van der Waals surface area contributed by atoms with Crippen molar-refractivity contribution in [1.82, 2.24) is 5.32 Å². The molecule has 5 rings (SSSR count). The quantitative estimate of drug-likeness (QED) is 0.375. The summed E-state index contributed by atoms with van der Waals surface area (Å²) in [7, 11) is 0. The molecule has 0 aromatic heterocycles. The molecule has 0 bridgehead atoms. The van der Waals surface area contributed by atoms with Crippen LogP contribution in [0.25, 0.3) is 16.7 Å². The van der Waals surface area contributed by atoms with Gasteiger partial charge in [-0.1, -0.05) is 73.7 Å². The van der Waals surface area contributed by atoms with Crippen LogP contribution in [0.4, 0.5) is 8.78 Å². The molecule has 2 nitrogen and oxygen atoms in total. The lowest BCUT2D eigenvalue weighted by atomic mass is 9.93. The van der Waals surface area contributed by atoms with Gasteiger partial charge < -0.3 is 5.32 Å². The van der Waals surface area contributed by atoms with E-state index in [0.717, 1.165) is 43.2 Å². The number of hydrogen-bond donors (Lipinski definition) is 1. The van der Waals surface area contributed by atoms with Crippen LogP contribution in [-0.2, 0) is 12.3 Å². The first kappa shape index (κ1) is 23.5. The van der Waals surface area contributed by atoms with Gasteiger partial charge in [-0.3, -0.25) is 4.79 Å². The van der Waals surface area contributed by atoms with Crippen molar-refractivity contribution in [3.63, 3.8) is 0 Å². The third kappa shape index (κ3) is 4.93. The number of benzene rings is 3. The Morgan fingerprint density at radius 1 is 1.03 bits per heavy atom. The Hall–Kier alpha value is -3.27.